The first-order valence-corrected chi connectivity index (χ1v) is 9.10. The average Bonchev–Trinajstić information content (AvgIpc) is 3.43. The van der Waals surface area contributed by atoms with E-state index in [-0.39, 0.29) is 11.7 Å². The minimum Gasteiger partial charge on any atom is -0.350 e. The van der Waals surface area contributed by atoms with E-state index in [9.17, 15) is 0 Å². The molecule has 1 aromatic rings. The maximum absolute atomic E-state index is 5.68. The molecule has 1 aliphatic heterocycles. The topological polar surface area (TPSA) is 69.2 Å². The van der Waals surface area contributed by atoms with Gasteiger partial charge in [-0.2, -0.15) is 5.10 Å². The second-order valence-corrected chi connectivity index (χ2v) is 7.80. The summed E-state index contributed by atoms with van der Waals surface area (Å²) in [4.78, 5) is 4.41. The summed E-state index contributed by atoms with van der Waals surface area (Å²) in [6.45, 7) is 8.05. The van der Waals surface area contributed by atoms with E-state index in [2.05, 4.69) is 41.8 Å². The van der Waals surface area contributed by atoms with E-state index in [1.54, 1.807) is 6.21 Å². The van der Waals surface area contributed by atoms with Crippen molar-refractivity contribution in [2.45, 2.75) is 39.9 Å². The van der Waals surface area contributed by atoms with E-state index in [0.717, 1.165) is 16.7 Å². The zero-order chi connectivity index (χ0) is 18.6. The van der Waals surface area contributed by atoms with Crippen molar-refractivity contribution < 1.29 is 9.47 Å². The second kappa shape index (κ2) is 8.03. The minimum atomic E-state index is -0.306. The molecule has 1 aromatic carbocycles. The van der Waals surface area contributed by atoms with E-state index in [4.69, 9.17) is 15.3 Å². The van der Waals surface area contributed by atoms with Crippen LogP contribution in [0.5, 0.6) is 0 Å². The summed E-state index contributed by atoms with van der Waals surface area (Å²) in [7, 11) is 0. The molecule has 0 bridgehead atoms. The van der Waals surface area contributed by atoms with Gasteiger partial charge in [0, 0.05) is 28.7 Å². The number of hydrogen-bond acceptors (Lipinski definition) is 5. The van der Waals surface area contributed by atoms with Crippen LogP contribution in [0.2, 0.25) is 0 Å². The van der Waals surface area contributed by atoms with Crippen molar-refractivity contribution in [1.29, 1.82) is 0 Å². The lowest BCUT2D eigenvalue weighted by Gasteiger charge is -2.33. The van der Waals surface area contributed by atoms with Crippen LogP contribution in [0.1, 0.15) is 43.4 Å². The number of hydrogen-bond donors (Lipinski definition) is 1. The molecule has 2 fully saturated rings. The number of nitrogens with zero attached hydrogens (tertiary/aromatic N) is 2. The van der Waals surface area contributed by atoms with Gasteiger partial charge in [0.2, 0.25) is 0 Å². The second-order valence-electron chi connectivity index (χ2n) is 7.80. The van der Waals surface area contributed by atoms with E-state index < -0.39 is 0 Å². The van der Waals surface area contributed by atoms with Crippen LogP contribution in [0, 0.1) is 30.1 Å². The quantitative estimate of drug-likeness (QED) is 0.392. The number of aliphatic imine (C=N–C) groups is 1. The normalized spacial score (nSPS) is 20.8. The van der Waals surface area contributed by atoms with Crippen LogP contribution in [0.3, 0.4) is 0 Å². The Morgan fingerprint density at radius 3 is 2.65 bits per heavy atom. The van der Waals surface area contributed by atoms with Gasteiger partial charge < -0.3 is 15.3 Å². The van der Waals surface area contributed by atoms with Crippen LogP contribution in [-0.4, -0.2) is 38.0 Å². The fourth-order valence-electron chi connectivity index (χ4n) is 2.67. The van der Waals surface area contributed by atoms with Crippen LogP contribution >= 0.6 is 0 Å². The van der Waals surface area contributed by atoms with Gasteiger partial charge in [0.25, 0.3) is 0 Å². The zero-order valence-corrected chi connectivity index (χ0v) is 15.8. The molecule has 0 aromatic heterocycles. The Hall–Kier alpha value is -2.16. The largest absolute Gasteiger partial charge is 0.350 e. The van der Waals surface area contributed by atoms with Crippen molar-refractivity contribution in [1.82, 2.24) is 0 Å². The zero-order valence-electron chi connectivity index (χ0n) is 15.8. The van der Waals surface area contributed by atoms with E-state index in [0.29, 0.717) is 31.4 Å². The van der Waals surface area contributed by atoms with Crippen molar-refractivity contribution in [2.75, 3.05) is 19.8 Å². The molecular weight excluding hydrogens is 326 g/mol. The summed E-state index contributed by atoms with van der Waals surface area (Å²) in [6.07, 6.45) is 3.84. The first-order chi connectivity index (χ1) is 12.5. The van der Waals surface area contributed by atoms with Crippen LogP contribution in [-0.2, 0) is 9.47 Å². The molecular formula is C21H27N3O2. The molecule has 1 saturated carbocycles. The van der Waals surface area contributed by atoms with Crippen LogP contribution < -0.4 is 5.84 Å². The number of ether oxygens (including phenoxy) is 2. The Labute approximate surface area is 155 Å². The molecule has 0 radical (unpaired) electrons. The van der Waals surface area contributed by atoms with Crippen LogP contribution in [0.15, 0.2) is 28.3 Å². The van der Waals surface area contributed by atoms with Gasteiger partial charge in [0.15, 0.2) is 6.29 Å². The highest BCUT2D eigenvalue weighted by atomic mass is 16.7. The minimum absolute atomic E-state index is 0.0609. The lowest BCUT2D eigenvalue weighted by atomic mass is 9.96. The predicted octanol–water partition coefficient (Wildman–Crippen LogP) is 2.89. The molecule has 138 valence electrons. The molecule has 2 aliphatic rings. The summed E-state index contributed by atoms with van der Waals surface area (Å²) >= 11 is 0. The SMILES string of the molecule is Cc1cc(C#CC2CC2)ccc1/C(C=NCC1OCC(C)(C)CO1)=N/N. The van der Waals surface area contributed by atoms with Crippen LogP contribution in [0.25, 0.3) is 0 Å². The van der Waals surface area contributed by atoms with Gasteiger partial charge in [-0.3, -0.25) is 4.99 Å². The number of aryl methyl sites for hydroxylation is 1. The first kappa shape index (κ1) is 18.6. The fourth-order valence-corrected chi connectivity index (χ4v) is 2.67. The van der Waals surface area contributed by atoms with E-state index >= 15 is 0 Å². The molecule has 0 atom stereocenters. The van der Waals surface area contributed by atoms with Gasteiger partial charge in [0.05, 0.1) is 19.8 Å². The van der Waals surface area contributed by atoms with E-state index in [1.165, 1.54) is 12.8 Å². The highest BCUT2D eigenvalue weighted by molar-refractivity contribution is 6.38. The van der Waals surface area contributed by atoms with Gasteiger partial charge >= 0.3 is 0 Å². The molecule has 0 amide bonds. The summed E-state index contributed by atoms with van der Waals surface area (Å²) in [6, 6.07) is 6.07. The molecule has 5 heteroatoms. The smallest absolute Gasteiger partial charge is 0.176 e. The van der Waals surface area contributed by atoms with Crippen LogP contribution in [0.4, 0.5) is 0 Å². The molecule has 1 heterocycles. The highest BCUT2D eigenvalue weighted by Crippen LogP contribution is 2.27. The average molecular weight is 353 g/mol. The third-order valence-electron chi connectivity index (χ3n) is 4.43. The lowest BCUT2D eigenvalue weighted by molar-refractivity contribution is -0.215. The molecule has 0 unspecified atom stereocenters. The molecule has 3 rings (SSSR count). The molecule has 2 N–H and O–H groups in total. The maximum Gasteiger partial charge on any atom is 0.176 e. The number of hydrazone groups is 1. The third kappa shape index (κ3) is 5.17. The monoisotopic (exact) mass is 353 g/mol. The summed E-state index contributed by atoms with van der Waals surface area (Å²) in [5, 5.41) is 3.89. The number of nitrogens with two attached hydrogens (primary N) is 1. The van der Waals surface area contributed by atoms with Crippen molar-refractivity contribution in [2.24, 2.45) is 27.3 Å². The van der Waals surface area contributed by atoms with E-state index in [1.807, 2.05) is 19.1 Å². The van der Waals surface area contributed by atoms with Crippen molar-refractivity contribution in [3.63, 3.8) is 0 Å². The van der Waals surface area contributed by atoms with Gasteiger partial charge in [-0.15, -0.1) is 0 Å². The third-order valence-corrected chi connectivity index (χ3v) is 4.43. The van der Waals surface area contributed by atoms with Gasteiger partial charge in [-0.25, -0.2) is 0 Å². The first-order valence-electron chi connectivity index (χ1n) is 9.10. The Morgan fingerprint density at radius 1 is 1.31 bits per heavy atom. The summed E-state index contributed by atoms with van der Waals surface area (Å²) in [5.41, 5.74) is 3.76. The van der Waals surface area contributed by atoms with Crippen molar-refractivity contribution in [3.8, 4) is 11.8 Å². The lowest BCUT2D eigenvalue weighted by Crippen LogP contribution is -2.39. The fraction of sp³-hybridized carbons (Fsp3) is 0.524. The molecule has 1 aliphatic carbocycles. The predicted molar refractivity (Wildman–Crippen MR) is 104 cm³/mol. The van der Waals surface area contributed by atoms with Crippen molar-refractivity contribution in [3.05, 3.63) is 34.9 Å². The summed E-state index contributed by atoms with van der Waals surface area (Å²) in [5.74, 6) is 12.7. The molecule has 0 spiro atoms. The Bertz CT molecular complexity index is 757. The molecule has 26 heavy (non-hydrogen) atoms. The standard InChI is InChI=1S/C21H27N3O2/c1-15-10-17(7-6-16-4-5-16)8-9-18(15)19(24-22)11-23-12-20-25-13-21(2,3)14-26-20/h8-11,16,20H,4-5,12-14,22H2,1-3H3/b23-11?,24-19+. The number of rotatable bonds is 4. The van der Waals surface area contributed by atoms with Gasteiger partial charge in [-0.1, -0.05) is 31.8 Å². The Balaban J connectivity index is 1.61. The number of benzene rings is 1. The summed E-state index contributed by atoms with van der Waals surface area (Å²) < 4.78 is 11.4. The van der Waals surface area contributed by atoms with Gasteiger partial charge in [0.1, 0.15) is 5.71 Å². The molecule has 1 saturated heterocycles. The highest BCUT2D eigenvalue weighted by Gasteiger charge is 2.27. The maximum atomic E-state index is 5.68. The Kier molecular flexibility index (Phi) is 5.75. The Morgan fingerprint density at radius 2 is 2.04 bits per heavy atom. The van der Waals surface area contributed by atoms with Gasteiger partial charge in [-0.05, 0) is 37.5 Å². The van der Waals surface area contributed by atoms with Crippen molar-refractivity contribution >= 4 is 11.9 Å². The molecule has 5 nitrogen and oxygen atoms in total.